The summed E-state index contributed by atoms with van der Waals surface area (Å²) in [5.74, 6) is -0.112. The van der Waals surface area contributed by atoms with Gasteiger partial charge in [0.1, 0.15) is 11.6 Å². The molecule has 4 rings (SSSR count). The molecular weight excluding hydrogens is 353 g/mol. The predicted octanol–water partition coefficient (Wildman–Crippen LogP) is 4.56. The van der Waals surface area contributed by atoms with E-state index in [0.717, 1.165) is 16.6 Å². The number of hydrogen-bond acceptors (Lipinski definition) is 2. The van der Waals surface area contributed by atoms with Gasteiger partial charge in [-0.2, -0.15) is 0 Å². The molecule has 0 aliphatic heterocycles. The highest BCUT2D eigenvalue weighted by atomic mass is 19.1. The molecule has 0 bridgehead atoms. The fraction of sp³-hybridized carbons (Fsp3) is 0.0435. The lowest BCUT2D eigenvalue weighted by atomic mass is 10.1. The van der Waals surface area contributed by atoms with Crippen LogP contribution in [0.25, 0.3) is 22.7 Å². The molecule has 1 heterocycles. The summed E-state index contributed by atoms with van der Waals surface area (Å²) in [5.41, 5.74) is 3.73. The Morgan fingerprint density at radius 3 is 2.43 bits per heavy atom. The van der Waals surface area contributed by atoms with Crippen LogP contribution in [-0.2, 0) is 11.3 Å². The highest BCUT2D eigenvalue weighted by molar-refractivity contribution is 6.23. The number of amides is 1. The maximum absolute atomic E-state index is 13.2. The quantitative estimate of drug-likeness (QED) is 0.505. The summed E-state index contributed by atoms with van der Waals surface area (Å²) >= 11 is 0. The Labute approximate surface area is 161 Å². The van der Waals surface area contributed by atoms with Crippen LogP contribution >= 0.6 is 0 Å². The van der Waals surface area contributed by atoms with E-state index in [1.165, 1.54) is 12.1 Å². The number of halogens is 1. The number of rotatable bonds is 5. The lowest BCUT2D eigenvalue weighted by Gasteiger charge is -2.08. The fourth-order valence-electron chi connectivity index (χ4n) is 2.92. The number of hydrogen-bond donors (Lipinski definition) is 2. The van der Waals surface area contributed by atoms with Gasteiger partial charge in [-0.1, -0.05) is 54.6 Å². The van der Waals surface area contributed by atoms with Gasteiger partial charge in [0, 0.05) is 6.54 Å². The fourth-order valence-corrected chi connectivity index (χ4v) is 2.92. The Morgan fingerprint density at radius 2 is 1.68 bits per heavy atom. The topological polar surface area (TPSA) is 57.8 Å². The molecule has 0 aliphatic rings. The second kappa shape index (κ2) is 7.88. The minimum Gasteiger partial charge on any atom is -0.348 e. The number of benzene rings is 3. The zero-order chi connectivity index (χ0) is 19.3. The van der Waals surface area contributed by atoms with Gasteiger partial charge >= 0.3 is 0 Å². The molecular formula is C23H18FN3O. The number of aromatic amines is 1. The Balaban J connectivity index is 1.68. The first-order valence-electron chi connectivity index (χ1n) is 8.93. The van der Waals surface area contributed by atoms with Crippen molar-refractivity contribution in [2.24, 2.45) is 0 Å². The van der Waals surface area contributed by atoms with Gasteiger partial charge in [-0.15, -0.1) is 0 Å². The van der Waals surface area contributed by atoms with Crippen molar-refractivity contribution in [2.45, 2.75) is 6.54 Å². The van der Waals surface area contributed by atoms with Crippen LogP contribution in [0.2, 0.25) is 0 Å². The maximum Gasteiger partial charge on any atom is 0.255 e. The molecule has 0 saturated heterocycles. The number of carbonyl (C=O) groups excluding carboxylic acids is 1. The minimum atomic E-state index is -0.323. The Hall–Kier alpha value is -3.73. The molecule has 4 nitrogen and oxygen atoms in total. The summed E-state index contributed by atoms with van der Waals surface area (Å²) in [6, 6.07) is 23.3. The predicted molar refractivity (Wildman–Crippen MR) is 109 cm³/mol. The van der Waals surface area contributed by atoms with Gasteiger partial charge in [0.15, 0.2) is 0 Å². The molecule has 0 spiro atoms. The largest absolute Gasteiger partial charge is 0.348 e. The minimum absolute atomic E-state index is 0.257. The van der Waals surface area contributed by atoms with Gasteiger partial charge in [0.05, 0.1) is 16.6 Å². The highest BCUT2D eigenvalue weighted by Gasteiger charge is 2.16. The first kappa shape index (κ1) is 17.7. The second-order valence-corrected chi connectivity index (χ2v) is 6.38. The molecule has 0 unspecified atom stereocenters. The van der Waals surface area contributed by atoms with Crippen molar-refractivity contribution in [3.8, 4) is 0 Å². The van der Waals surface area contributed by atoms with Crippen molar-refractivity contribution in [2.75, 3.05) is 0 Å². The number of carbonyl (C=O) groups is 1. The molecule has 4 aromatic rings. The first-order valence-corrected chi connectivity index (χ1v) is 8.93. The van der Waals surface area contributed by atoms with E-state index in [9.17, 15) is 9.18 Å². The van der Waals surface area contributed by atoms with Crippen LogP contribution < -0.4 is 5.32 Å². The van der Waals surface area contributed by atoms with Crippen molar-refractivity contribution in [3.63, 3.8) is 0 Å². The van der Waals surface area contributed by atoms with Crippen LogP contribution in [0.4, 0.5) is 4.39 Å². The molecule has 1 aromatic heterocycles. The summed E-state index contributed by atoms with van der Waals surface area (Å²) in [5, 5.41) is 2.93. The Kier molecular flexibility index (Phi) is 4.97. The summed E-state index contributed by atoms with van der Waals surface area (Å²) in [6.07, 6.45) is 1.71. The van der Waals surface area contributed by atoms with Gasteiger partial charge in [-0.05, 0) is 41.5 Å². The van der Waals surface area contributed by atoms with Gasteiger partial charge in [0.2, 0.25) is 0 Å². The molecule has 5 heteroatoms. The standard InChI is InChI=1S/C23H18FN3O/c24-18-12-10-16(11-13-18)14-19(22-26-20-8-4-5-9-21(20)27-22)23(28)25-15-17-6-2-1-3-7-17/h1-14H,15H2,(H,25,28)(H,26,27)/b19-14+. The van der Waals surface area contributed by atoms with E-state index in [0.29, 0.717) is 23.5 Å². The van der Waals surface area contributed by atoms with Crippen LogP contribution in [-0.4, -0.2) is 15.9 Å². The number of nitrogens with zero attached hydrogens (tertiary/aromatic N) is 1. The third-order valence-corrected chi connectivity index (χ3v) is 4.37. The number of imidazole rings is 1. The normalized spacial score (nSPS) is 11.5. The number of aromatic nitrogens is 2. The average molecular weight is 371 g/mol. The van der Waals surface area contributed by atoms with Crippen LogP contribution in [0.5, 0.6) is 0 Å². The maximum atomic E-state index is 13.2. The van der Waals surface area contributed by atoms with Crippen LogP contribution in [0.1, 0.15) is 17.0 Å². The zero-order valence-electron chi connectivity index (χ0n) is 15.0. The Morgan fingerprint density at radius 1 is 0.964 bits per heavy atom. The number of fused-ring (bicyclic) bond motifs is 1. The van der Waals surface area contributed by atoms with Crippen molar-refractivity contribution in [1.29, 1.82) is 0 Å². The lowest BCUT2D eigenvalue weighted by Crippen LogP contribution is -2.24. The van der Waals surface area contributed by atoms with E-state index in [2.05, 4.69) is 15.3 Å². The van der Waals surface area contributed by atoms with Crippen LogP contribution in [0.3, 0.4) is 0 Å². The zero-order valence-corrected chi connectivity index (χ0v) is 15.0. The van der Waals surface area contributed by atoms with Gasteiger partial charge < -0.3 is 10.3 Å². The molecule has 1 amide bonds. The lowest BCUT2D eigenvalue weighted by molar-refractivity contribution is -0.115. The number of nitrogens with one attached hydrogen (secondary N) is 2. The van der Waals surface area contributed by atoms with Crippen LogP contribution in [0, 0.1) is 5.82 Å². The van der Waals surface area contributed by atoms with Crippen molar-refractivity contribution < 1.29 is 9.18 Å². The summed E-state index contributed by atoms with van der Waals surface area (Å²) < 4.78 is 13.2. The molecule has 2 N–H and O–H groups in total. The second-order valence-electron chi connectivity index (χ2n) is 6.38. The third kappa shape index (κ3) is 3.99. The average Bonchev–Trinajstić information content (AvgIpc) is 3.16. The van der Waals surface area contributed by atoms with E-state index in [1.54, 1.807) is 18.2 Å². The van der Waals surface area contributed by atoms with E-state index >= 15 is 0 Å². The summed E-state index contributed by atoms with van der Waals surface area (Å²) in [6.45, 7) is 0.403. The Bertz CT molecular complexity index is 1100. The van der Waals surface area contributed by atoms with Crippen molar-refractivity contribution in [3.05, 3.63) is 102 Å². The molecule has 0 saturated carbocycles. The number of para-hydroxylation sites is 2. The summed E-state index contributed by atoms with van der Waals surface area (Å²) in [4.78, 5) is 20.7. The molecule has 3 aromatic carbocycles. The van der Waals surface area contributed by atoms with Gasteiger partial charge in [0.25, 0.3) is 5.91 Å². The molecule has 28 heavy (non-hydrogen) atoms. The third-order valence-electron chi connectivity index (χ3n) is 4.37. The van der Waals surface area contributed by atoms with Gasteiger partial charge in [-0.25, -0.2) is 9.37 Å². The van der Waals surface area contributed by atoms with Crippen molar-refractivity contribution in [1.82, 2.24) is 15.3 Å². The number of H-pyrrole nitrogens is 1. The van der Waals surface area contributed by atoms with Gasteiger partial charge in [-0.3, -0.25) is 4.79 Å². The van der Waals surface area contributed by atoms with E-state index in [-0.39, 0.29) is 11.7 Å². The summed E-state index contributed by atoms with van der Waals surface area (Å²) in [7, 11) is 0. The smallest absolute Gasteiger partial charge is 0.255 e. The highest BCUT2D eigenvalue weighted by Crippen LogP contribution is 2.20. The van der Waals surface area contributed by atoms with E-state index < -0.39 is 0 Å². The monoisotopic (exact) mass is 371 g/mol. The molecule has 0 aliphatic carbocycles. The van der Waals surface area contributed by atoms with Crippen LogP contribution in [0.15, 0.2) is 78.9 Å². The molecule has 0 radical (unpaired) electrons. The molecule has 0 fully saturated rings. The van der Waals surface area contributed by atoms with E-state index in [4.69, 9.17) is 0 Å². The molecule has 0 atom stereocenters. The molecule has 138 valence electrons. The first-order chi connectivity index (χ1) is 13.7. The van der Waals surface area contributed by atoms with Crippen molar-refractivity contribution >= 4 is 28.6 Å². The SMILES string of the molecule is O=C(NCc1ccccc1)/C(=C/c1ccc(F)cc1)c1nc2ccccc2[nH]1. The van der Waals surface area contributed by atoms with E-state index in [1.807, 2.05) is 54.6 Å².